The van der Waals surface area contributed by atoms with Crippen LogP contribution in [0.3, 0.4) is 0 Å². The van der Waals surface area contributed by atoms with Gasteiger partial charge in [-0.2, -0.15) is 0 Å². The molecule has 6 nitrogen and oxygen atoms in total. The van der Waals surface area contributed by atoms with Crippen LogP contribution in [0.25, 0.3) is 0 Å². The van der Waals surface area contributed by atoms with Crippen molar-refractivity contribution in [1.82, 2.24) is 4.90 Å². The summed E-state index contributed by atoms with van der Waals surface area (Å²) in [4.78, 5) is 25.0. The first-order valence-electron chi connectivity index (χ1n) is 8.97. The summed E-state index contributed by atoms with van der Waals surface area (Å²) in [6, 6.07) is 7.23. The highest BCUT2D eigenvalue weighted by Gasteiger charge is 2.27. The maximum Gasteiger partial charge on any atom is 0.303 e. The van der Waals surface area contributed by atoms with Gasteiger partial charge in [0.1, 0.15) is 11.5 Å². The van der Waals surface area contributed by atoms with Crippen molar-refractivity contribution in [2.75, 3.05) is 19.8 Å². The Hall–Kier alpha value is -2.24. The van der Waals surface area contributed by atoms with Crippen LogP contribution in [0.1, 0.15) is 45.4 Å². The van der Waals surface area contributed by atoms with E-state index >= 15 is 0 Å². The molecule has 1 N–H and O–H groups in total. The molecule has 1 aliphatic heterocycles. The number of carbonyl (C=O) groups excluding carboxylic acids is 1. The van der Waals surface area contributed by atoms with Crippen molar-refractivity contribution in [2.45, 2.75) is 51.5 Å². The Bertz CT molecular complexity index is 557. The van der Waals surface area contributed by atoms with Crippen LogP contribution in [0.4, 0.5) is 0 Å². The molecule has 0 bridgehead atoms. The average molecular weight is 349 g/mol. The van der Waals surface area contributed by atoms with Gasteiger partial charge in [-0.3, -0.25) is 9.59 Å². The molecule has 2 rings (SSSR count). The minimum atomic E-state index is -0.820. The number of amides is 1. The van der Waals surface area contributed by atoms with E-state index in [1.165, 1.54) is 0 Å². The van der Waals surface area contributed by atoms with Crippen molar-refractivity contribution in [3.63, 3.8) is 0 Å². The molecule has 138 valence electrons. The lowest BCUT2D eigenvalue weighted by Crippen LogP contribution is -2.46. The van der Waals surface area contributed by atoms with E-state index in [1.807, 2.05) is 19.1 Å². The molecule has 1 aromatic carbocycles. The Kier molecular flexibility index (Phi) is 7.57. The first-order valence-corrected chi connectivity index (χ1v) is 8.97. The van der Waals surface area contributed by atoms with E-state index in [4.69, 9.17) is 14.6 Å². The number of rotatable bonds is 9. The molecule has 1 fully saturated rings. The average Bonchev–Trinajstić information content (AvgIpc) is 2.63. The highest BCUT2D eigenvalue weighted by molar-refractivity contribution is 5.78. The molecule has 1 heterocycles. The van der Waals surface area contributed by atoms with Crippen molar-refractivity contribution < 1.29 is 24.2 Å². The Morgan fingerprint density at radius 1 is 1.16 bits per heavy atom. The fraction of sp³-hybridized carbons (Fsp3) is 0.579. The van der Waals surface area contributed by atoms with Gasteiger partial charge in [0.2, 0.25) is 0 Å². The second-order valence-electron chi connectivity index (χ2n) is 6.28. The van der Waals surface area contributed by atoms with E-state index in [9.17, 15) is 9.59 Å². The predicted molar refractivity (Wildman–Crippen MR) is 93.9 cm³/mol. The molecule has 0 aromatic heterocycles. The smallest absolute Gasteiger partial charge is 0.303 e. The van der Waals surface area contributed by atoms with E-state index in [-0.39, 0.29) is 25.0 Å². The number of carboxylic acids is 1. The lowest BCUT2D eigenvalue weighted by atomic mass is 9.98. The second-order valence-corrected chi connectivity index (χ2v) is 6.28. The third-order valence-corrected chi connectivity index (χ3v) is 4.30. The zero-order chi connectivity index (χ0) is 18.1. The van der Waals surface area contributed by atoms with Crippen LogP contribution in [0.2, 0.25) is 0 Å². The summed E-state index contributed by atoms with van der Waals surface area (Å²) in [5, 5.41) is 8.86. The Morgan fingerprint density at radius 2 is 1.84 bits per heavy atom. The van der Waals surface area contributed by atoms with Crippen LogP contribution in [0.15, 0.2) is 24.3 Å². The molecule has 1 saturated heterocycles. The minimum absolute atomic E-state index is 0.00534. The second kappa shape index (κ2) is 9.91. The number of hydrogen-bond acceptors (Lipinski definition) is 4. The standard InChI is InChI=1S/C19H27NO5/c1-2-13-24-16-7-9-17(10-8-16)25-14-18(21)20-12-4-3-5-15(20)6-11-19(22)23/h7-10,15H,2-6,11-14H2,1H3,(H,22,23). The summed E-state index contributed by atoms with van der Waals surface area (Å²) in [5.74, 6) is 0.502. The molecule has 0 spiro atoms. The molecule has 0 aliphatic carbocycles. The van der Waals surface area contributed by atoms with Crippen molar-refractivity contribution >= 4 is 11.9 Å². The summed E-state index contributed by atoms with van der Waals surface area (Å²) < 4.78 is 11.1. The number of likely N-dealkylation sites (tertiary alicyclic amines) is 1. The maximum atomic E-state index is 12.5. The molecule has 25 heavy (non-hydrogen) atoms. The van der Waals surface area contributed by atoms with Gasteiger partial charge in [-0.25, -0.2) is 0 Å². The normalized spacial score (nSPS) is 17.2. The number of nitrogens with zero attached hydrogens (tertiary/aromatic N) is 1. The van der Waals surface area contributed by atoms with Crippen LogP contribution in [-0.2, 0) is 9.59 Å². The number of carbonyl (C=O) groups is 2. The quantitative estimate of drug-likeness (QED) is 0.741. The molecular weight excluding hydrogens is 322 g/mol. The van der Waals surface area contributed by atoms with Gasteiger partial charge in [-0.15, -0.1) is 0 Å². The summed E-state index contributed by atoms with van der Waals surface area (Å²) in [6.07, 6.45) is 4.40. The predicted octanol–water partition coefficient (Wildman–Crippen LogP) is 3.10. The van der Waals surface area contributed by atoms with Crippen molar-refractivity contribution in [1.29, 1.82) is 0 Å². The summed E-state index contributed by atoms with van der Waals surface area (Å²) >= 11 is 0. The van der Waals surface area contributed by atoms with Gasteiger partial charge in [0.25, 0.3) is 5.91 Å². The third-order valence-electron chi connectivity index (χ3n) is 4.30. The SMILES string of the molecule is CCCOc1ccc(OCC(=O)N2CCCCC2CCC(=O)O)cc1. The van der Waals surface area contributed by atoms with E-state index in [0.29, 0.717) is 25.3 Å². The van der Waals surface area contributed by atoms with Gasteiger partial charge >= 0.3 is 5.97 Å². The maximum absolute atomic E-state index is 12.5. The number of hydrogen-bond donors (Lipinski definition) is 1. The number of carboxylic acid groups (broad SMARTS) is 1. The zero-order valence-electron chi connectivity index (χ0n) is 14.8. The van der Waals surface area contributed by atoms with Gasteiger partial charge < -0.3 is 19.5 Å². The Labute approximate surface area is 148 Å². The van der Waals surface area contributed by atoms with Gasteiger partial charge in [-0.05, 0) is 56.4 Å². The first kappa shape index (κ1) is 19.1. The Morgan fingerprint density at radius 3 is 2.48 bits per heavy atom. The zero-order valence-corrected chi connectivity index (χ0v) is 14.8. The van der Waals surface area contributed by atoms with Crippen LogP contribution in [0.5, 0.6) is 11.5 Å². The lowest BCUT2D eigenvalue weighted by Gasteiger charge is -2.35. The highest BCUT2D eigenvalue weighted by Crippen LogP contribution is 2.22. The van der Waals surface area contributed by atoms with Crippen LogP contribution in [-0.4, -0.2) is 47.7 Å². The number of benzene rings is 1. The molecule has 0 radical (unpaired) electrons. The Balaban J connectivity index is 1.84. The summed E-state index contributed by atoms with van der Waals surface area (Å²) in [5.41, 5.74) is 0. The van der Waals surface area contributed by atoms with E-state index in [1.54, 1.807) is 17.0 Å². The fourth-order valence-corrected chi connectivity index (χ4v) is 3.00. The largest absolute Gasteiger partial charge is 0.494 e. The molecule has 1 aliphatic rings. The van der Waals surface area contributed by atoms with E-state index < -0.39 is 5.97 Å². The van der Waals surface area contributed by atoms with Crippen LogP contribution in [0, 0.1) is 0 Å². The van der Waals surface area contributed by atoms with Gasteiger partial charge in [-0.1, -0.05) is 6.92 Å². The van der Waals surface area contributed by atoms with Crippen molar-refractivity contribution in [3.05, 3.63) is 24.3 Å². The van der Waals surface area contributed by atoms with Crippen molar-refractivity contribution in [2.24, 2.45) is 0 Å². The molecule has 0 saturated carbocycles. The fourth-order valence-electron chi connectivity index (χ4n) is 3.00. The molecule has 1 aromatic rings. The molecule has 6 heteroatoms. The van der Waals surface area contributed by atoms with Crippen LogP contribution >= 0.6 is 0 Å². The van der Waals surface area contributed by atoms with Crippen LogP contribution < -0.4 is 9.47 Å². The number of ether oxygens (including phenoxy) is 2. The minimum Gasteiger partial charge on any atom is -0.494 e. The highest BCUT2D eigenvalue weighted by atomic mass is 16.5. The van der Waals surface area contributed by atoms with Crippen molar-refractivity contribution in [3.8, 4) is 11.5 Å². The van der Waals surface area contributed by atoms with E-state index in [0.717, 1.165) is 31.4 Å². The summed E-state index contributed by atoms with van der Waals surface area (Å²) in [7, 11) is 0. The first-order chi connectivity index (χ1) is 12.1. The lowest BCUT2D eigenvalue weighted by molar-refractivity contribution is -0.141. The topological polar surface area (TPSA) is 76.1 Å². The monoisotopic (exact) mass is 349 g/mol. The van der Waals surface area contributed by atoms with Gasteiger partial charge in [0.15, 0.2) is 6.61 Å². The van der Waals surface area contributed by atoms with E-state index in [2.05, 4.69) is 0 Å². The number of aliphatic carboxylic acids is 1. The molecule has 1 amide bonds. The number of piperidine rings is 1. The van der Waals surface area contributed by atoms with Gasteiger partial charge in [0.05, 0.1) is 6.61 Å². The molecule has 1 unspecified atom stereocenters. The molecule has 1 atom stereocenters. The third kappa shape index (κ3) is 6.29. The summed E-state index contributed by atoms with van der Waals surface area (Å²) in [6.45, 7) is 3.37. The molecular formula is C19H27NO5. The van der Waals surface area contributed by atoms with Gasteiger partial charge in [0, 0.05) is 19.0 Å².